The Morgan fingerprint density at radius 3 is 2.69 bits per heavy atom. The molecule has 15 heteroatoms. The van der Waals surface area contributed by atoms with Crippen LogP contribution < -0.4 is 10.1 Å². The molecule has 3 aromatic heterocycles. The number of aromatic nitrogens is 5. The minimum Gasteiger partial charge on any atom is -0.473 e. The number of ether oxygens (including phenoxy) is 2. The summed E-state index contributed by atoms with van der Waals surface area (Å²) in [6.45, 7) is 3.28. The fourth-order valence-electron chi connectivity index (χ4n) is 6.63. The molecule has 0 radical (unpaired) electrons. The molecular weight excluding hydrogens is 704 g/mol. The molecule has 2 aliphatic rings. The van der Waals surface area contributed by atoms with Crippen LogP contribution in [0.3, 0.4) is 0 Å². The monoisotopic (exact) mass is 736 g/mol. The van der Waals surface area contributed by atoms with Crippen LogP contribution in [0.1, 0.15) is 51.5 Å². The number of nitrogens with one attached hydrogen (secondary N) is 2. The average molecular weight is 737 g/mol. The fourth-order valence-corrected chi connectivity index (χ4v) is 6.63. The number of hydrogen-bond donors (Lipinski definition) is 2. The summed E-state index contributed by atoms with van der Waals surface area (Å²) in [6, 6.07) is 21.1. The molecule has 1 saturated heterocycles. The third-order valence-electron chi connectivity index (χ3n) is 9.63. The second-order valence-corrected chi connectivity index (χ2v) is 13.2. The summed E-state index contributed by atoms with van der Waals surface area (Å²) < 4.78 is 68.4. The van der Waals surface area contributed by atoms with Crippen LogP contribution in [0.25, 0.3) is 27.5 Å². The van der Waals surface area contributed by atoms with E-state index in [1.54, 1.807) is 24.3 Å². The maximum Gasteiger partial charge on any atom is 0.433 e. The quantitative estimate of drug-likeness (QED) is 0.141. The molecule has 6 aromatic rings. The molecule has 0 bridgehead atoms. The number of halogens is 4. The van der Waals surface area contributed by atoms with Gasteiger partial charge in [0.15, 0.2) is 0 Å². The van der Waals surface area contributed by atoms with Gasteiger partial charge >= 0.3 is 6.18 Å². The highest BCUT2D eigenvalue weighted by Gasteiger charge is 2.35. The highest BCUT2D eigenvalue weighted by Crippen LogP contribution is 2.34. The first-order chi connectivity index (χ1) is 26.1. The largest absolute Gasteiger partial charge is 0.473 e. The van der Waals surface area contributed by atoms with E-state index in [1.807, 2.05) is 29.4 Å². The van der Waals surface area contributed by atoms with Crippen molar-refractivity contribution in [2.45, 2.75) is 44.8 Å². The summed E-state index contributed by atoms with van der Waals surface area (Å²) >= 11 is 0. The molecule has 3 aromatic carbocycles. The van der Waals surface area contributed by atoms with Crippen LogP contribution in [0.15, 0.2) is 78.9 Å². The zero-order valence-corrected chi connectivity index (χ0v) is 28.7. The Labute approximate surface area is 305 Å². The molecule has 54 heavy (non-hydrogen) atoms. The van der Waals surface area contributed by atoms with Crippen LogP contribution >= 0.6 is 0 Å². The third-order valence-corrected chi connectivity index (χ3v) is 9.63. The van der Waals surface area contributed by atoms with Crippen molar-refractivity contribution in [2.75, 3.05) is 25.0 Å². The minimum absolute atomic E-state index is 0.0179. The number of H-pyrrole nitrogens is 1. The van der Waals surface area contributed by atoms with E-state index in [-0.39, 0.29) is 34.7 Å². The van der Waals surface area contributed by atoms with Crippen LogP contribution in [-0.2, 0) is 30.6 Å². The lowest BCUT2D eigenvalue weighted by atomic mass is 10.0. The second-order valence-electron chi connectivity index (χ2n) is 13.2. The Hall–Kier alpha value is -6.11. The van der Waals surface area contributed by atoms with Crippen LogP contribution in [0.5, 0.6) is 5.88 Å². The Morgan fingerprint density at radius 2 is 1.94 bits per heavy atom. The lowest BCUT2D eigenvalue weighted by Crippen LogP contribution is -2.33. The average Bonchev–Trinajstić information content (AvgIpc) is 3.73. The molecule has 1 atom stereocenters. The molecule has 0 unspecified atom stereocenters. The number of rotatable bonds is 10. The summed E-state index contributed by atoms with van der Waals surface area (Å²) in [5, 5.41) is 17.3. The molecule has 1 amide bonds. The Morgan fingerprint density at radius 1 is 1.07 bits per heavy atom. The minimum atomic E-state index is -4.64. The van der Waals surface area contributed by atoms with Crippen LogP contribution in [0.2, 0.25) is 0 Å². The van der Waals surface area contributed by atoms with Gasteiger partial charge in [0.2, 0.25) is 5.88 Å². The van der Waals surface area contributed by atoms with Crippen LogP contribution in [0, 0.1) is 17.1 Å². The lowest BCUT2D eigenvalue weighted by Gasteiger charge is -2.29. The number of nitrogens with zero attached hydrogens (tertiary/aromatic N) is 6. The normalized spacial score (nSPS) is 16.2. The molecule has 0 saturated carbocycles. The van der Waals surface area contributed by atoms with Crippen LogP contribution in [-0.4, -0.2) is 61.3 Å². The van der Waals surface area contributed by atoms with Gasteiger partial charge in [-0.1, -0.05) is 18.2 Å². The fraction of sp³-hybridized carbons (Fsp3) is 0.256. The van der Waals surface area contributed by atoms with Crippen LogP contribution in [0.4, 0.5) is 23.2 Å². The summed E-state index contributed by atoms with van der Waals surface area (Å²) in [6.07, 6.45) is -0.761. The number of amides is 1. The zero-order chi connectivity index (χ0) is 37.4. The maximum absolute atomic E-state index is 14.3. The first kappa shape index (κ1) is 34.9. The molecule has 274 valence electrons. The van der Waals surface area contributed by atoms with Gasteiger partial charge in [-0.3, -0.25) is 14.8 Å². The van der Waals surface area contributed by atoms with Gasteiger partial charge in [0, 0.05) is 48.0 Å². The van der Waals surface area contributed by atoms with Gasteiger partial charge in [0.1, 0.15) is 23.9 Å². The van der Waals surface area contributed by atoms with Gasteiger partial charge in [-0.15, -0.1) is 0 Å². The summed E-state index contributed by atoms with van der Waals surface area (Å²) in [4.78, 5) is 25.1. The number of anilines is 1. The number of alkyl halides is 3. The van der Waals surface area contributed by atoms with E-state index in [1.165, 1.54) is 30.3 Å². The molecule has 8 rings (SSSR count). The van der Waals surface area contributed by atoms with E-state index in [9.17, 15) is 22.4 Å². The number of nitriles is 1. The summed E-state index contributed by atoms with van der Waals surface area (Å²) in [5.41, 5.74) is 3.60. The maximum atomic E-state index is 14.3. The van der Waals surface area contributed by atoms with Crippen molar-refractivity contribution in [2.24, 2.45) is 0 Å². The lowest BCUT2D eigenvalue weighted by molar-refractivity contribution is -0.139. The number of hydrogen-bond acceptors (Lipinski definition) is 8. The Bertz CT molecular complexity index is 2460. The van der Waals surface area contributed by atoms with E-state index < -0.39 is 23.6 Å². The van der Waals surface area contributed by atoms with Crippen molar-refractivity contribution >= 4 is 39.1 Å². The third kappa shape index (κ3) is 7.26. The molecule has 2 N–H and O–H groups in total. The predicted octanol–water partition coefficient (Wildman–Crippen LogP) is 7.25. The zero-order valence-electron chi connectivity index (χ0n) is 28.7. The van der Waals surface area contributed by atoms with Crippen molar-refractivity contribution in [3.8, 4) is 11.9 Å². The molecule has 2 aliphatic heterocycles. The number of pyridine rings is 1. The smallest absolute Gasteiger partial charge is 0.433 e. The van der Waals surface area contributed by atoms with Gasteiger partial charge in [-0.25, -0.2) is 14.4 Å². The first-order valence-corrected chi connectivity index (χ1v) is 17.3. The molecular formula is C39H32F4N8O3. The number of aromatic amines is 1. The number of carbonyl (C=O) groups excluding carboxylic acids is 1. The second kappa shape index (κ2) is 14.4. The van der Waals surface area contributed by atoms with Crippen molar-refractivity contribution in [1.29, 1.82) is 5.26 Å². The van der Waals surface area contributed by atoms with E-state index in [0.717, 1.165) is 42.0 Å². The first-order valence-electron chi connectivity index (χ1n) is 17.3. The summed E-state index contributed by atoms with van der Waals surface area (Å²) in [7, 11) is 0. The van der Waals surface area contributed by atoms with Crippen molar-refractivity contribution in [1.82, 2.24) is 29.6 Å². The highest BCUT2D eigenvalue weighted by molar-refractivity contribution is 6.07. The van der Waals surface area contributed by atoms with E-state index in [4.69, 9.17) is 19.7 Å². The summed E-state index contributed by atoms with van der Waals surface area (Å²) in [5.74, 6) is 0.150. The van der Waals surface area contributed by atoms with Gasteiger partial charge in [0.05, 0.1) is 53.1 Å². The molecule has 0 aliphatic carbocycles. The van der Waals surface area contributed by atoms with Crippen molar-refractivity contribution in [3.63, 3.8) is 0 Å². The SMILES string of the molecule is N#Cc1ccc(COc2cccc(C3=CCN(Cc4nc5cc(NC(=O)c6ccc7n[nH]c(C(F)(F)F)c7c6)ccc5n4C[C@@H]4CCO4)CC3)n2)c(F)c1. The number of imidazole rings is 1. The number of fused-ring (bicyclic) bond motifs is 2. The van der Waals surface area contributed by atoms with Gasteiger partial charge in [-0.05, 0) is 73.0 Å². The van der Waals surface area contributed by atoms with Gasteiger partial charge in [0.25, 0.3) is 5.91 Å². The molecule has 0 spiro atoms. The predicted molar refractivity (Wildman–Crippen MR) is 191 cm³/mol. The standard InChI is InChI=1S/C39H32F4N8O3/c40-30-16-23(19-44)4-5-26(30)22-54-36-3-1-2-31(47-36)24-10-13-50(14-11-24)21-35-46-33-18-27(7-9-34(33)51(35)20-28-12-15-53-28)45-38(52)25-6-8-32-29(17-25)37(49-48-32)39(41,42)43/h1-10,16-18,28H,11-15,20-22H2,(H,45,52)(H,48,49)/t28-/m0/s1. The van der Waals surface area contributed by atoms with Crippen molar-refractivity contribution in [3.05, 3.63) is 119 Å². The van der Waals surface area contributed by atoms with Crippen molar-refractivity contribution < 1.29 is 31.8 Å². The molecule has 1 fully saturated rings. The highest BCUT2D eigenvalue weighted by atomic mass is 19.4. The van der Waals surface area contributed by atoms with E-state index >= 15 is 0 Å². The Kier molecular flexibility index (Phi) is 9.30. The number of carbonyl (C=O) groups is 1. The van der Waals surface area contributed by atoms with E-state index in [2.05, 4.69) is 30.9 Å². The number of benzene rings is 3. The van der Waals surface area contributed by atoms with Gasteiger partial charge in [-0.2, -0.15) is 23.5 Å². The Balaban J connectivity index is 0.961. The topological polar surface area (TPSA) is 134 Å². The molecule has 11 nitrogen and oxygen atoms in total. The van der Waals surface area contributed by atoms with E-state index in [0.29, 0.717) is 48.9 Å². The van der Waals surface area contributed by atoms with Gasteiger partial charge < -0.3 is 19.4 Å². The molecule has 5 heterocycles.